The topological polar surface area (TPSA) is 96.2 Å². The lowest BCUT2D eigenvalue weighted by Crippen LogP contribution is -2.42. The summed E-state index contributed by atoms with van der Waals surface area (Å²) >= 11 is 0. The van der Waals surface area contributed by atoms with Crippen molar-refractivity contribution in [2.75, 3.05) is 52.9 Å². The van der Waals surface area contributed by atoms with Crippen LogP contribution in [0.3, 0.4) is 0 Å². The van der Waals surface area contributed by atoms with E-state index >= 15 is 0 Å². The minimum absolute atomic E-state index is 0.0931. The van der Waals surface area contributed by atoms with Crippen molar-refractivity contribution < 1.29 is 19.2 Å². The van der Waals surface area contributed by atoms with Crippen LogP contribution in [0.2, 0.25) is 0 Å². The zero-order valence-corrected chi connectivity index (χ0v) is 16.7. The Morgan fingerprint density at radius 2 is 1.89 bits per heavy atom. The molecule has 9 nitrogen and oxygen atoms in total. The van der Waals surface area contributed by atoms with Crippen molar-refractivity contribution in [3.63, 3.8) is 0 Å². The molecule has 0 unspecified atom stereocenters. The van der Waals surface area contributed by atoms with Gasteiger partial charge in [-0.05, 0) is 32.4 Å². The number of ether oxygens (including phenoxy) is 1. The molecule has 0 N–H and O–H groups in total. The number of likely N-dealkylation sites (N-methyl/N-ethyl adjacent to an activating group) is 1. The van der Waals surface area contributed by atoms with E-state index in [4.69, 9.17) is 4.74 Å². The number of nitro groups is 1. The summed E-state index contributed by atoms with van der Waals surface area (Å²) in [6.45, 7) is 7.98. The van der Waals surface area contributed by atoms with Gasteiger partial charge >= 0.3 is 5.69 Å². The van der Waals surface area contributed by atoms with Crippen LogP contribution in [0.15, 0.2) is 18.2 Å². The van der Waals surface area contributed by atoms with E-state index in [9.17, 15) is 19.7 Å². The predicted molar refractivity (Wildman–Crippen MR) is 105 cm³/mol. The summed E-state index contributed by atoms with van der Waals surface area (Å²) in [6, 6.07) is 4.24. The van der Waals surface area contributed by atoms with Gasteiger partial charge in [-0.25, -0.2) is 0 Å². The SMILES string of the molecule is CCN(CC)C(=O)CN1CCCN(C(=O)c2ccc(OC)c([N+](=O)[O-])c2)CC1. The number of carbonyl (C=O) groups is 2. The van der Waals surface area contributed by atoms with Gasteiger partial charge in [-0.15, -0.1) is 0 Å². The second kappa shape index (κ2) is 10.0. The third-order valence-electron chi connectivity index (χ3n) is 4.97. The van der Waals surface area contributed by atoms with Crippen molar-refractivity contribution in [3.05, 3.63) is 33.9 Å². The molecule has 1 aliphatic heterocycles. The maximum atomic E-state index is 12.8. The lowest BCUT2D eigenvalue weighted by atomic mass is 10.1. The largest absolute Gasteiger partial charge is 0.490 e. The zero-order valence-electron chi connectivity index (χ0n) is 16.7. The molecule has 0 radical (unpaired) electrons. The van der Waals surface area contributed by atoms with Crippen molar-refractivity contribution in [2.45, 2.75) is 20.3 Å². The lowest BCUT2D eigenvalue weighted by Gasteiger charge is -2.25. The number of nitro benzene ring substituents is 1. The molecule has 1 aliphatic rings. The molecule has 0 saturated carbocycles. The Morgan fingerprint density at radius 3 is 2.50 bits per heavy atom. The van der Waals surface area contributed by atoms with Crippen molar-refractivity contribution in [1.29, 1.82) is 0 Å². The van der Waals surface area contributed by atoms with E-state index in [1.165, 1.54) is 19.2 Å². The smallest absolute Gasteiger partial charge is 0.311 e. The van der Waals surface area contributed by atoms with E-state index in [1.807, 2.05) is 13.8 Å². The Hall–Kier alpha value is -2.68. The van der Waals surface area contributed by atoms with E-state index in [1.54, 1.807) is 15.9 Å². The molecular formula is C19H28N4O5. The molecule has 2 rings (SSSR count). The predicted octanol–water partition coefficient (Wildman–Crippen LogP) is 1.62. The van der Waals surface area contributed by atoms with Crippen LogP contribution in [0.25, 0.3) is 0 Å². The Morgan fingerprint density at radius 1 is 1.18 bits per heavy atom. The minimum Gasteiger partial charge on any atom is -0.490 e. The van der Waals surface area contributed by atoms with Gasteiger partial charge in [-0.1, -0.05) is 0 Å². The summed E-state index contributed by atoms with van der Waals surface area (Å²) in [6.07, 6.45) is 0.746. The van der Waals surface area contributed by atoms with Crippen LogP contribution in [-0.4, -0.2) is 84.4 Å². The third kappa shape index (κ3) is 5.19. The molecule has 154 valence electrons. The maximum absolute atomic E-state index is 12.8. The maximum Gasteiger partial charge on any atom is 0.311 e. The zero-order chi connectivity index (χ0) is 20.7. The molecule has 0 aliphatic carbocycles. The molecule has 1 fully saturated rings. The van der Waals surface area contributed by atoms with Crippen molar-refractivity contribution in [3.8, 4) is 5.75 Å². The Balaban J connectivity index is 2.04. The van der Waals surface area contributed by atoms with Gasteiger partial charge in [0.25, 0.3) is 5.91 Å². The van der Waals surface area contributed by atoms with Crippen molar-refractivity contribution in [2.24, 2.45) is 0 Å². The van der Waals surface area contributed by atoms with Gasteiger partial charge in [0.05, 0.1) is 18.6 Å². The van der Waals surface area contributed by atoms with Crippen LogP contribution in [0, 0.1) is 10.1 Å². The third-order valence-corrected chi connectivity index (χ3v) is 4.97. The minimum atomic E-state index is -0.557. The van der Waals surface area contributed by atoms with Gasteiger partial charge in [-0.3, -0.25) is 24.6 Å². The number of methoxy groups -OCH3 is 1. The Kier molecular flexibility index (Phi) is 7.74. The number of rotatable bonds is 7. The van der Waals surface area contributed by atoms with Crippen LogP contribution >= 0.6 is 0 Å². The quantitative estimate of drug-likeness (QED) is 0.517. The highest BCUT2D eigenvalue weighted by atomic mass is 16.6. The fourth-order valence-corrected chi connectivity index (χ4v) is 3.35. The van der Waals surface area contributed by atoms with Crippen LogP contribution in [0.5, 0.6) is 5.75 Å². The summed E-state index contributed by atoms with van der Waals surface area (Å²) < 4.78 is 4.99. The number of hydrogen-bond donors (Lipinski definition) is 0. The summed E-state index contributed by atoms with van der Waals surface area (Å²) in [5.74, 6) is -0.0308. The average Bonchev–Trinajstić information content (AvgIpc) is 2.93. The summed E-state index contributed by atoms with van der Waals surface area (Å²) in [5.41, 5.74) is 0.0368. The second-order valence-electron chi connectivity index (χ2n) is 6.63. The van der Waals surface area contributed by atoms with Gasteiger partial charge in [0, 0.05) is 50.9 Å². The summed E-state index contributed by atoms with van der Waals surface area (Å²) in [7, 11) is 1.35. The van der Waals surface area contributed by atoms with Crippen LogP contribution < -0.4 is 4.74 Å². The molecule has 0 bridgehead atoms. The van der Waals surface area contributed by atoms with E-state index in [2.05, 4.69) is 4.90 Å². The van der Waals surface area contributed by atoms with Crippen LogP contribution in [-0.2, 0) is 4.79 Å². The standard InChI is InChI=1S/C19H28N4O5/c1-4-21(5-2)18(24)14-20-9-6-10-22(12-11-20)19(25)15-7-8-17(28-3)16(13-15)23(26)27/h7-8,13H,4-6,9-12,14H2,1-3H3. The molecule has 1 aromatic rings. The molecule has 28 heavy (non-hydrogen) atoms. The number of hydrogen-bond acceptors (Lipinski definition) is 6. The van der Waals surface area contributed by atoms with Gasteiger partial charge in [0.2, 0.25) is 5.91 Å². The summed E-state index contributed by atoms with van der Waals surface area (Å²) in [5, 5.41) is 11.2. The fraction of sp³-hybridized carbons (Fsp3) is 0.579. The normalized spacial score (nSPS) is 15.0. The van der Waals surface area contributed by atoms with E-state index in [-0.39, 0.29) is 28.8 Å². The molecule has 1 saturated heterocycles. The first-order chi connectivity index (χ1) is 13.4. The van der Waals surface area contributed by atoms with E-state index < -0.39 is 4.92 Å². The molecule has 1 heterocycles. The number of nitrogens with zero attached hydrogens (tertiary/aromatic N) is 4. The number of carbonyl (C=O) groups excluding carboxylic acids is 2. The molecule has 0 atom stereocenters. The number of amides is 2. The van der Waals surface area contributed by atoms with Gasteiger partial charge in [0.15, 0.2) is 5.75 Å². The highest BCUT2D eigenvalue weighted by Crippen LogP contribution is 2.28. The molecule has 1 aromatic carbocycles. The number of benzene rings is 1. The molecule has 0 spiro atoms. The lowest BCUT2D eigenvalue weighted by molar-refractivity contribution is -0.385. The monoisotopic (exact) mass is 392 g/mol. The first kappa shape index (κ1) is 21.6. The van der Waals surface area contributed by atoms with Gasteiger partial charge in [-0.2, -0.15) is 0 Å². The average molecular weight is 392 g/mol. The Labute approximate surface area is 165 Å². The first-order valence-corrected chi connectivity index (χ1v) is 9.53. The molecule has 9 heteroatoms. The van der Waals surface area contributed by atoms with Gasteiger partial charge < -0.3 is 14.5 Å². The molecule has 0 aromatic heterocycles. The molecular weight excluding hydrogens is 364 g/mol. The van der Waals surface area contributed by atoms with E-state index in [0.29, 0.717) is 39.3 Å². The van der Waals surface area contributed by atoms with Crippen molar-refractivity contribution >= 4 is 17.5 Å². The molecule has 2 amide bonds. The highest BCUT2D eigenvalue weighted by Gasteiger charge is 2.25. The van der Waals surface area contributed by atoms with Gasteiger partial charge in [0.1, 0.15) is 0 Å². The van der Waals surface area contributed by atoms with Crippen molar-refractivity contribution in [1.82, 2.24) is 14.7 Å². The first-order valence-electron chi connectivity index (χ1n) is 9.53. The van der Waals surface area contributed by atoms with Crippen LogP contribution in [0.4, 0.5) is 5.69 Å². The van der Waals surface area contributed by atoms with Crippen LogP contribution in [0.1, 0.15) is 30.6 Å². The second-order valence-corrected chi connectivity index (χ2v) is 6.63. The van der Waals surface area contributed by atoms with E-state index in [0.717, 1.165) is 13.0 Å². The fourth-order valence-electron chi connectivity index (χ4n) is 3.35. The Bertz CT molecular complexity index is 720. The highest BCUT2D eigenvalue weighted by molar-refractivity contribution is 5.95. The summed E-state index contributed by atoms with van der Waals surface area (Å²) in [4.78, 5) is 41.3.